The zero-order valence-corrected chi connectivity index (χ0v) is 15.2. The highest BCUT2D eigenvalue weighted by Gasteiger charge is 2.37. The van der Waals surface area contributed by atoms with E-state index in [1.165, 1.54) is 0 Å². The fourth-order valence-corrected chi connectivity index (χ4v) is 3.66. The van der Waals surface area contributed by atoms with Crippen LogP contribution >= 0.6 is 0 Å². The Balaban J connectivity index is 1.94. The van der Waals surface area contributed by atoms with Crippen LogP contribution in [0.15, 0.2) is 34.9 Å². The summed E-state index contributed by atoms with van der Waals surface area (Å²) < 4.78 is 16.5. The lowest BCUT2D eigenvalue weighted by molar-refractivity contribution is -0.118. The molecule has 0 amide bonds. The van der Waals surface area contributed by atoms with Gasteiger partial charge in [-0.1, -0.05) is 49.3 Å². The molecule has 0 aliphatic heterocycles. The maximum atomic E-state index is 12.6. The van der Waals surface area contributed by atoms with Crippen LogP contribution in [0.5, 0.6) is 0 Å². The summed E-state index contributed by atoms with van der Waals surface area (Å²) in [7, 11) is 3.24. The first kappa shape index (κ1) is 17.8. The summed E-state index contributed by atoms with van der Waals surface area (Å²) in [5, 5.41) is 4.22. The summed E-state index contributed by atoms with van der Waals surface area (Å²) in [4.78, 5) is 12.6. The molecular formula is C20H25NO4. The molecule has 25 heavy (non-hydrogen) atoms. The molecular weight excluding hydrogens is 318 g/mol. The molecule has 1 aromatic heterocycles. The van der Waals surface area contributed by atoms with E-state index in [2.05, 4.69) is 19.0 Å². The topological polar surface area (TPSA) is 61.6 Å². The van der Waals surface area contributed by atoms with Crippen LogP contribution in [-0.4, -0.2) is 31.4 Å². The third-order valence-electron chi connectivity index (χ3n) is 4.82. The van der Waals surface area contributed by atoms with Gasteiger partial charge in [-0.15, -0.1) is 0 Å². The normalized spacial score (nSPS) is 17.6. The minimum absolute atomic E-state index is 0.0758. The van der Waals surface area contributed by atoms with Crippen molar-refractivity contribution < 1.29 is 18.8 Å². The van der Waals surface area contributed by atoms with Crippen LogP contribution in [0.4, 0.5) is 0 Å². The van der Waals surface area contributed by atoms with Gasteiger partial charge in [0.05, 0.1) is 11.3 Å². The van der Waals surface area contributed by atoms with Crippen molar-refractivity contribution in [1.82, 2.24) is 5.16 Å². The van der Waals surface area contributed by atoms with Crippen LogP contribution in [-0.2, 0) is 22.3 Å². The number of ether oxygens (including phenoxy) is 2. The van der Waals surface area contributed by atoms with Gasteiger partial charge in [0.2, 0.25) is 0 Å². The van der Waals surface area contributed by atoms with Gasteiger partial charge in [0.25, 0.3) is 0 Å². The predicted octanol–water partition coefficient (Wildman–Crippen LogP) is 3.77. The molecule has 5 nitrogen and oxygen atoms in total. The maximum absolute atomic E-state index is 12.6. The first-order chi connectivity index (χ1) is 11.9. The molecule has 2 aromatic rings. The highest BCUT2D eigenvalue weighted by Crippen LogP contribution is 2.37. The van der Waals surface area contributed by atoms with Crippen LogP contribution < -0.4 is 0 Å². The van der Waals surface area contributed by atoms with Gasteiger partial charge in [0.1, 0.15) is 5.76 Å². The van der Waals surface area contributed by atoms with Gasteiger partial charge in [-0.25, -0.2) is 0 Å². The maximum Gasteiger partial charge on any atom is 0.168 e. The Bertz CT molecular complexity index is 731. The second-order valence-corrected chi connectivity index (χ2v) is 7.43. The number of hydrogen-bond acceptors (Lipinski definition) is 5. The SMILES string of the molecule is COC(OC)C(Cc1noc2c1C(=O)CC(C)(C)C2)c1ccccc1. The number of carbonyl (C=O) groups excluding carboxylic acids is 1. The molecule has 3 rings (SSSR count). The van der Waals surface area contributed by atoms with Gasteiger partial charge >= 0.3 is 0 Å². The summed E-state index contributed by atoms with van der Waals surface area (Å²) in [5.74, 6) is 0.739. The molecule has 0 bridgehead atoms. The fraction of sp³-hybridized carbons (Fsp3) is 0.500. The molecule has 0 saturated heterocycles. The third kappa shape index (κ3) is 3.67. The molecule has 1 atom stereocenters. The zero-order chi connectivity index (χ0) is 18.0. The summed E-state index contributed by atoms with van der Waals surface area (Å²) in [6.07, 6.45) is 1.35. The van der Waals surface area contributed by atoms with E-state index in [-0.39, 0.29) is 17.1 Å². The molecule has 5 heteroatoms. The number of carbonyl (C=O) groups is 1. The molecule has 1 heterocycles. The summed E-state index contributed by atoms with van der Waals surface area (Å²) >= 11 is 0. The van der Waals surface area contributed by atoms with E-state index in [4.69, 9.17) is 14.0 Å². The molecule has 1 aliphatic rings. The number of rotatable bonds is 6. The number of methoxy groups -OCH3 is 2. The third-order valence-corrected chi connectivity index (χ3v) is 4.82. The van der Waals surface area contributed by atoms with E-state index in [0.717, 1.165) is 12.0 Å². The number of Topliss-reactive ketones (excluding diaryl/α,β-unsaturated/α-hetero) is 1. The first-order valence-corrected chi connectivity index (χ1v) is 8.56. The Kier molecular flexibility index (Phi) is 5.06. The molecule has 0 fully saturated rings. The molecule has 134 valence electrons. The van der Waals surface area contributed by atoms with Crippen molar-refractivity contribution in [2.75, 3.05) is 14.2 Å². The van der Waals surface area contributed by atoms with Gasteiger partial charge in [0, 0.05) is 39.4 Å². The molecule has 1 aliphatic carbocycles. The quantitative estimate of drug-likeness (QED) is 0.747. The molecule has 0 spiro atoms. The van der Waals surface area contributed by atoms with Crippen molar-refractivity contribution in [3.8, 4) is 0 Å². The van der Waals surface area contributed by atoms with E-state index < -0.39 is 6.29 Å². The second-order valence-electron chi connectivity index (χ2n) is 7.43. The lowest BCUT2D eigenvalue weighted by Gasteiger charge is -2.27. The van der Waals surface area contributed by atoms with Crippen LogP contribution in [0.1, 0.15) is 53.6 Å². The van der Waals surface area contributed by atoms with Gasteiger partial charge < -0.3 is 14.0 Å². The number of aromatic nitrogens is 1. The van der Waals surface area contributed by atoms with Crippen LogP contribution in [0, 0.1) is 5.41 Å². The highest BCUT2D eigenvalue weighted by molar-refractivity contribution is 5.99. The van der Waals surface area contributed by atoms with E-state index in [0.29, 0.717) is 29.9 Å². The van der Waals surface area contributed by atoms with E-state index >= 15 is 0 Å². The lowest BCUT2D eigenvalue weighted by Crippen LogP contribution is -2.28. The number of fused-ring (bicyclic) bond motifs is 1. The molecule has 0 radical (unpaired) electrons. The van der Waals surface area contributed by atoms with Crippen molar-refractivity contribution >= 4 is 5.78 Å². The summed E-state index contributed by atoms with van der Waals surface area (Å²) in [5.41, 5.74) is 2.35. The van der Waals surface area contributed by atoms with Crippen molar-refractivity contribution in [2.24, 2.45) is 5.41 Å². The monoisotopic (exact) mass is 343 g/mol. The minimum Gasteiger partial charge on any atom is -0.360 e. The summed E-state index contributed by atoms with van der Waals surface area (Å²) in [6.45, 7) is 4.16. The number of nitrogens with zero attached hydrogens (tertiary/aromatic N) is 1. The smallest absolute Gasteiger partial charge is 0.168 e. The van der Waals surface area contributed by atoms with Crippen molar-refractivity contribution in [1.29, 1.82) is 0 Å². The standard InChI is InChI=1S/C20H25NO4/c1-20(2)11-16(22)18-15(21-25-17(18)12-20)10-14(19(23-3)24-4)13-8-6-5-7-9-13/h5-9,14,19H,10-12H2,1-4H3. The largest absolute Gasteiger partial charge is 0.360 e. The van der Waals surface area contributed by atoms with Gasteiger partial charge in [0.15, 0.2) is 12.1 Å². The van der Waals surface area contributed by atoms with Gasteiger partial charge in [-0.3, -0.25) is 4.79 Å². The summed E-state index contributed by atoms with van der Waals surface area (Å²) in [6, 6.07) is 10.0. The number of ketones is 1. The van der Waals surface area contributed by atoms with Crippen molar-refractivity contribution in [3.05, 3.63) is 52.9 Å². The molecule has 1 unspecified atom stereocenters. The van der Waals surface area contributed by atoms with Crippen LogP contribution in [0.2, 0.25) is 0 Å². The van der Waals surface area contributed by atoms with E-state index in [9.17, 15) is 4.79 Å². The molecule has 0 N–H and O–H groups in total. The Morgan fingerprint density at radius 2 is 1.84 bits per heavy atom. The minimum atomic E-state index is -0.426. The fourth-order valence-electron chi connectivity index (χ4n) is 3.66. The molecule has 0 saturated carbocycles. The highest BCUT2D eigenvalue weighted by atomic mass is 16.7. The van der Waals surface area contributed by atoms with Gasteiger partial charge in [-0.2, -0.15) is 0 Å². The number of benzene rings is 1. The Labute approximate surface area is 148 Å². The predicted molar refractivity (Wildman–Crippen MR) is 93.6 cm³/mol. The Morgan fingerprint density at radius 3 is 2.48 bits per heavy atom. The Hall–Kier alpha value is -1.98. The zero-order valence-electron chi connectivity index (χ0n) is 15.2. The Morgan fingerprint density at radius 1 is 1.16 bits per heavy atom. The number of hydrogen-bond donors (Lipinski definition) is 0. The average Bonchev–Trinajstić information content (AvgIpc) is 2.97. The van der Waals surface area contributed by atoms with E-state index in [1.54, 1.807) is 14.2 Å². The van der Waals surface area contributed by atoms with Gasteiger partial charge in [-0.05, 0) is 11.0 Å². The average molecular weight is 343 g/mol. The van der Waals surface area contributed by atoms with Crippen LogP contribution in [0.25, 0.3) is 0 Å². The molecule has 1 aromatic carbocycles. The second kappa shape index (κ2) is 7.10. The first-order valence-electron chi connectivity index (χ1n) is 8.56. The van der Waals surface area contributed by atoms with E-state index in [1.807, 2.05) is 30.3 Å². The van der Waals surface area contributed by atoms with Crippen molar-refractivity contribution in [2.45, 2.75) is 45.3 Å². The van der Waals surface area contributed by atoms with Crippen LogP contribution in [0.3, 0.4) is 0 Å². The van der Waals surface area contributed by atoms with Crippen molar-refractivity contribution in [3.63, 3.8) is 0 Å². The lowest BCUT2D eigenvalue weighted by atomic mass is 9.75.